The van der Waals surface area contributed by atoms with E-state index in [4.69, 9.17) is 10.00 Å². The number of hydrogen-bond donors (Lipinski definition) is 1. The smallest absolute Gasteiger partial charge is 0.308 e. The number of carbonyl (C=O) groups is 2. The molecular formula is C12H19N3O4. The number of morpholine rings is 1. The standard InChI is InChI=1S/C12H19N3O4/c1-18-12(17)7-10-8-15(5-6-19-10)9-11(16)14-4-2-3-13/h10H,2,4-9H2,1H3,(H,14,16). The van der Waals surface area contributed by atoms with Gasteiger partial charge in [0.25, 0.3) is 0 Å². The number of nitrogens with one attached hydrogen (secondary N) is 1. The van der Waals surface area contributed by atoms with Gasteiger partial charge in [0.15, 0.2) is 0 Å². The van der Waals surface area contributed by atoms with Crippen LogP contribution in [0.1, 0.15) is 12.8 Å². The molecule has 1 unspecified atom stereocenters. The molecule has 1 heterocycles. The number of amides is 1. The molecule has 106 valence electrons. The molecule has 0 aromatic heterocycles. The van der Waals surface area contributed by atoms with Crippen molar-refractivity contribution in [2.24, 2.45) is 0 Å². The molecule has 7 nitrogen and oxygen atoms in total. The average Bonchev–Trinajstić information content (AvgIpc) is 2.39. The molecule has 1 N–H and O–H groups in total. The van der Waals surface area contributed by atoms with Gasteiger partial charge in [-0.15, -0.1) is 0 Å². The Bertz CT molecular complexity index is 353. The normalized spacial score (nSPS) is 19.5. The fraction of sp³-hybridized carbons (Fsp3) is 0.750. The predicted octanol–water partition coefficient (Wildman–Crippen LogP) is -0.720. The molecule has 7 heteroatoms. The summed E-state index contributed by atoms with van der Waals surface area (Å²) in [6.07, 6.45) is 0.274. The fourth-order valence-corrected chi connectivity index (χ4v) is 1.83. The molecule has 1 atom stereocenters. The Morgan fingerprint density at radius 1 is 1.58 bits per heavy atom. The molecule has 1 rings (SSSR count). The molecule has 0 saturated carbocycles. The number of esters is 1. The molecule has 1 aliphatic heterocycles. The second-order valence-electron chi connectivity index (χ2n) is 4.27. The second-order valence-corrected chi connectivity index (χ2v) is 4.27. The number of rotatable bonds is 6. The van der Waals surface area contributed by atoms with Crippen molar-refractivity contribution in [3.63, 3.8) is 0 Å². The molecule has 0 radical (unpaired) electrons. The van der Waals surface area contributed by atoms with Crippen LogP contribution in [-0.4, -0.2) is 62.8 Å². The van der Waals surface area contributed by atoms with E-state index in [9.17, 15) is 9.59 Å². The summed E-state index contributed by atoms with van der Waals surface area (Å²) in [6, 6.07) is 1.96. The van der Waals surface area contributed by atoms with Crippen LogP contribution in [0.15, 0.2) is 0 Å². The summed E-state index contributed by atoms with van der Waals surface area (Å²) in [5, 5.41) is 11.0. The highest BCUT2D eigenvalue weighted by molar-refractivity contribution is 5.78. The molecule has 19 heavy (non-hydrogen) atoms. The summed E-state index contributed by atoms with van der Waals surface area (Å²) in [7, 11) is 1.34. The zero-order valence-corrected chi connectivity index (χ0v) is 11.1. The van der Waals surface area contributed by atoms with E-state index in [1.54, 1.807) is 0 Å². The lowest BCUT2D eigenvalue weighted by Gasteiger charge is -2.31. The second kappa shape index (κ2) is 8.45. The van der Waals surface area contributed by atoms with Crippen molar-refractivity contribution in [2.45, 2.75) is 18.9 Å². The summed E-state index contributed by atoms with van der Waals surface area (Å²) in [5.74, 6) is -0.431. The molecule has 1 amide bonds. The van der Waals surface area contributed by atoms with E-state index in [1.807, 2.05) is 11.0 Å². The van der Waals surface area contributed by atoms with Gasteiger partial charge in [0, 0.05) is 19.6 Å². The molecule has 1 fully saturated rings. The number of nitrogens with zero attached hydrogens (tertiary/aromatic N) is 2. The summed E-state index contributed by atoms with van der Waals surface area (Å²) in [6.45, 7) is 2.30. The van der Waals surface area contributed by atoms with Crippen molar-refractivity contribution < 1.29 is 19.1 Å². The first kappa shape index (κ1) is 15.4. The van der Waals surface area contributed by atoms with Crippen molar-refractivity contribution in [3.05, 3.63) is 0 Å². The fourth-order valence-electron chi connectivity index (χ4n) is 1.83. The van der Waals surface area contributed by atoms with Crippen LogP contribution < -0.4 is 5.32 Å². The quantitative estimate of drug-likeness (QED) is 0.505. The monoisotopic (exact) mass is 269 g/mol. The highest BCUT2D eigenvalue weighted by atomic mass is 16.5. The maximum absolute atomic E-state index is 11.6. The van der Waals surface area contributed by atoms with Gasteiger partial charge in [-0.25, -0.2) is 0 Å². The van der Waals surface area contributed by atoms with E-state index in [1.165, 1.54) is 7.11 Å². The van der Waals surface area contributed by atoms with Crippen molar-refractivity contribution in [1.29, 1.82) is 5.26 Å². The average molecular weight is 269 g/mol. The van der Waals surface area contributed by atoms with E-state index < -0.39 is 0 Å². The van der Waals surface area contributed by atoms with E-state index in [0.29, 0.717) is 32.7 Å². The number of ether oxygens (including phenoxy) is 2. The van der Waals surface area contributed by atoms with E-state index >= 15 is 0 Å². The van der Waals surface area contributed by atoms with E-state index in [-0.39, 0.29) is 30.9 Å². The van der Waals surface area contributed by atoms with E-state index in [2.05, 4.69) is 10.1 Å². The van der Waals surface area contributed by atoms with Gasteiger partial charge in [0.1, 0.15) is 0 Å². The lowest BCUT2D eigenvalue weighted by Crippen LogP contribution is -2.47. The number of hydrogen-bond acceptors (Lipinski definition) is 6. The van der Waals surface area contributed by atoms with Crippen LogP contribution in [0.5, 0.6) is 0 Å². The Kier molecular flexibility index (Phi) is 6.85. The van der Waals surface area contributed by atoms with Gasteiger partial charge in [0.05, 0.1) is 45.3 Å². The van der Waals surface area contributed by atoms with Crippen LogP contribution in [-0.2, 0) is 19.1 Å². The Morgan fingerprint density at radius 3 is 3.05 bits per heavy atom. The third-order valence-electron chi connectivity index (χ3n) is 2.77. The van der Waals surface area contributed by atoms with Gasteiger partial charge in [-0.2, -0.15) is 5.26 Å². The Morgan fingerprint density at radius 2 is 2.37 bits per heavy atom. The summed E-state index contributed by atoms with van der Waals surface area (Å²) in [4.78, 5) is 24.7. The number of carbonyl (C=O) groups excluding carboxylic acids is 2. The first-order chi connectivity index (χ1) is 9.15. The molecule has 0 aliphatic carbocycles. The van der Waals surface area contributed by atoms with Gasteiger partial charge < -0.3 is 14.8 Å². The number of nitriles is 1. The minimum atomic E-state index is -0.315. The van der Waals surface area contributed by atoms with Crippen LogP contribution in [0.4, 0.5) is 0 Å². The minimum Gasteiger partial charge on any atom is -0.469 e. The van der Waals surface area contributed by atoms with Crippen LogP contribution in [0.25, 0.3) is 0 Å². The first-order valence-corrected chi connectivity index (χ1v) is 6.20. The molecule has 0 aromatic carbocycles. The van der Waals surface area contributed by atoms with Crippen LogP contribution in [0.3, 0.4) is 0 Å². The first-order valence-electron chi connectivity index (χ1n) is 6.20. The largest absolute Gasteiger partial charge is 0.469 e. The highest BCUT2D eigenvalue weighted by Crippen LogP contribution is 2.09. The van der Waals surface area contributed by atoms with Gasteiger partial charge in [-0.1, -0.05) is 0 Å². The SMILES string of the molecule is COC(=O)CC1CN(CC(=O)NCCC#N)CCO1. The molecule has 1 aliphatic rings. The summed E-state index contributed by atoms with van der Waals surface area (Å²) < 4.78 is 10.0. The van der Waals surface area contributed by atoms with Gasteiger partial charge >= 0.3 is 5.97 Å². The van der Waals surface area contributed by atoms with Crippen molar-refractivity contribution in [3.8, 4) is 6.07 Å². The lowest BCUT2D eigenvalue weighted by molar-refractivity contribution is -0.145. The third-order valence-corrected chi connectivity index (χ3v) is 2.77. The van der Waals surface area contributed by atoms with Gasteiger partial charge in [-0.3, -0.25) is 14.5 Å². The third kappa shape index (κ3) is 6.18. The maximum Gasteiger partial charge on any atom is 0.308 e. The molecule has 0 aromatic rings. The number of methoxy groups -OCH3 is 1. The van der Waals surface area contributed by atoms with Crippen LogP contribution in [0.2, 0.25) is 0 Å². The molecular weight excluding hydrogens is 250 g/mol. The Balaban J connectivity index is 2.28. The van der Waals surface area contributed by atoms with Crippen molar-refractivity contribution >= 4 is 11.9 Å². The van der Waals surface area contributed by atoms with E-state index in [0.717, 1.165) is 0 Å². The maximum atomic E-state index is 11.6. The van der Waals surface area contributed by atoms with Gasteiger partial charge in [0.2, 0.25) is 5.91 Å². The zero-order valence-electron chi connectivity index (χ0n) is 11.1. The van der Waals surface area contributed by atoms with Crippen LogP contribution in [0, 0.1) is 11.3 Å². The summed E-state index contributed by atoms with van der Waals surface area (Å²) in [5.41, 5.74) is 0. The molecule has 0 spiro atoms. The predicted molar refractivity (Wildman–Crippen MR) is 66.1 cm³/mol. The Hall–Kier alpha value is -1.65. The molecule has 0 bridgehead atoms. The van der Waals surface area contributed by atoms with Gasteiger partial charge in [-0.05, 0) is 0 Å². The molecule has 1 saturated heterocycles. The van der Waals surface area contributed by atoms with Crippen LogP contribution >= 0.6 is 0 Å². The summed E-state index contributed by atoms with van der Waals surface area (Å²) >= 11 is 0. The Labute approximate surface area is 112 Å². The minimum absolute atomic E-state index is 0.117. The highest BCUT2D eigenvalue weighted by Gasteiger charge is 2.24. The lowest BCUT2D eigenvalue weighted by atomic mass is 10.2. The topological polar surface area (TPSA) is 91.7 Å². The van der Waals surface area contributed by atoms with Crippen molar-refractivity contribution in [1.82, 2.24) is 10.2 Å². The van der Waals surface area contributed by atoms with Crippen molar-refractivity contribution in [2.75, 3.05) is 39.9 Å². The zero-order chi connectivity index (χ0) is 14.1.